The van der Waals surface area contributed by atoms with Gasteiger partial charge in [-0.2, -0.15) is 0 Å². The second-order valence-electron chi connectivity index (χ2n) is 3.27. The van der Waals surface area contributed by atoms with Crippen molar-refractivity contribution >= 4 is 0 Å². The van der Waals surface area contributed by atoms with Crippen molar-refractivity contribution in [1.29, 1.82) is 0 Å². The van der Waals surface area contributed by atoms with Crippen molar-refractivity contribution in [2.45, 2.75) is 33.0 Å². The molecule has 0 aliphatic rings. The summed E-state index contributed by atoms with van der Waals surface area (Å²) in [5, 5.41) is 9.60. The van der Waals surface area contributed by atoms with Crippen molar-refractivity contribution in [3.63, 3.8) is 0 Å². The second kappa shape index (κ2) is 3.75. The fourth-order valence-corrected chi connectivity index (χ4v) is 0.841. The van der Waals surface area contributed by atoms with E-state index in [-0.39, 0.29) is 0 Å². The Labute approximate surface area is 78.4 Å². The minimum atomic E-state index is -1.10. The Hall–Kier alpha value is -1.09. The van der Waals surface area contributed by atoms with E-state index in [0.717, 1.165) is 5.69 Å². The van der Waals surface area contributed by atoms with E-state index in [1.165, 1.54) is 0 Å². The molecule has 0 aromatic carbocycles. The molecule has 1 aromatic heterocycles. The Kier molecular flexibility index (Phi) is 2.88. The summed E-state index contributed by atoms with van der Waals surface area (Å²) in [6.45, 7) is 5.40. The average molecular weight is 181 g/mol. The molecule has 1 rings (SSSR count). The van der Waals surface area contributed by atoms with Crippen LogP contribution >= 0.6 is 0 Å². The first-order valence-electron chi connectivity index (χ1n) is 4.37. The third kappa shape index (κ3) is 3.03. The molecule has 0 saturated carbocycles. The smallest absolute Gasteiger partial charge is 0.205 e. The van der Waals surface area contributed by atoms with Crippen LogP contribution in [0.3, 0.4) is 0 Å². The second-order valence-corrected chi connectivity index (χ2v) is 3.27. The number of nitrogens with zero attached hydrogens (tertiary/aromatic N) is 1. The van der Waals surface area contributed by atoms with Gasteiger partial charge in [0, 0.05) is 19.0 Å². The van der Waals surface area contributed by atoms with E-state index in [4.69, 9.17) is 4.74 Å². The van der Waals surface area contributed by atoms with Crippen LogP contribution in [0.15, 0.2) is 18.3 Å². The lowest BCUT2D eigenvalue weighted by molar-refractivity contribution is -0.123. The lowest BCUT2D eigenvalue weighted by atomic mass is 10.2. The summed E-state index contributed by atoms with van der Waals surface area (Å²) in [6.07, 6.45) is 2.15. The molecule has 0 aliphatic carbocycles. The van der Waals surface area contributed by atoms with Gasteiger partial charge in [0.05, 0.1) is 6.20 Å². The molecule has 0 spiro atoms. The molecule has 0 radical (unpaired) electrons. The highest BCUT2D eigenvalue weighted by molar-refractivity contribution is 5.19. The van der Waals surface area contributed by atoms with Crippen molar-refractivity contribution in [1.82, 2.24) is 4.98 Å². The zero-order valence-corrected chi connectivity index (χ0v) is 8.24. The summed E-state index contributed by atoms with van der Waals surface area (Å²) in [6, 6.07) is 3.65. The van der Waals surface area contributed by atoms with E-state index in [1.54, 1.807) is 19.2 Å². The summed E-state index contributed by atoms with van der Waals surface area (Å²) in [7, 11) is 0. The van der Waals surface area contributed by atoms with Gasteiger partial charge in [0.15, 0.2) is 0 Å². The lowest BCUT2D eigenvalue weighted by Gasteiger charge is -2.22. The van der Waals surface area contributed by atoms with Gasteiger partial charge in [-0.05, 0) is 19.1 Å². The summed E-state index contributed by atoms with van der Waals surface area (Å²) < 4.78 is 5.30. The van der Waals surface area contributed by atoms with Crippen molar-refractivity contribution in [2.24, 2.45) is 0 Å². The molecule has 1 atom stereocenters. The standard InChI is InChI=1S/C10H15NO2/c1-4-10(3,12)13-9-6-5-8(2)11-7-9/h5-7,12H,4H2,1-3H3. The maximum atomic E-state index is 9.60. The van der Waals surface area contributed by atoms with Crippen LogP contribution in [0.5, 0.6) is 5.75 Å². The number of hydrogen-bond donors (Lipinski definition) is 1. The molecule has 1 N–H and O–H groups in total. The van der Waals surface area contributed by atoms with Gasteiger partial charge in [0.1, 0.15) is 5.75 Å². The van der Waals surface area contributed by atoms with E-state index in [9.17, 15) is 5.11 Å². The Balaban J connectivity index is 2.69. The summed E-state index contributed by atoms with van der Waals surface area (Å²) in [4.78, 5) is 4.06. The van der Waals surface area contributed by atoms with Crippen LogP contribution in [-0.2, 0) is 0 Å². The fraction of sp³-hybridized carbons (Fsp3) is 0.500. The van der Waals surface area contributed by atoms with Gasteiger partial charge in [0.2, 0.25) is 5.79 Å². The number of rotatable bonds is 3. The summed E-state index contributed by atoms with van der Waals surface area (Å²) >= 11 is 0. The van der Waals surface area contributed by atoms with Crippen LogP contribution < -0.4 is 4.74 Å². The number of aliphatic hydroxyl groups is 1. The quantitative estimate of drug-likeness (QED) is 0.724. The molecule has 0 aliphatic heterocycles. The zero-order valence-electron chi connectivity index (χ0n) is 8.24. The van der Waals surface area contributed by atoms with E-state index in [2.05, 4.69) is 4.98 Å². The molecule has 3 nitrogen and oxygen atoms in total. The maximum absolute atomic E-state index is 9.60. The fourth-order valence-electron chi connectivity index (χ4n) is 0.841. The van der Waals surface area contributed by atoms with Crippen LogP contribution in [0.4, 0.5) is 0 Å². The van der Waals surface area contributed by atoms with Crippen LogP contribution in [0, 0.1) is 6.92 Å². The molecular weight excluding hydrogens is 166 g/mol. The van der Waals surface area contributed by atoms with Gasteiger partial charge in [-0.15, -0.1) is 0 Å². The van der Waals surface area contributed by atoms with Crippen molar-refractivity contribution in [3.05, 3.63) is 24.0 Å². The number of aromatic nitrogens is 1. The van der Waals surface area contributed by atoms with Crippen molar-refractivity contribution < 1.29 is 9.84 Å². The predicted octanol–water partition coefficient (Wildman–Crippen LogP) is 1.89. The SMILES string of the molecule is CCC(C)(O)Oc1ccc(C)nc1. The van der Waals surface area contributed by atoms with Gasteiger partial charge in [-0.3, -0.25) is 4.98 Å². The Morgan fingerprint density at radius 3 is 2.69 bits per heavy atom. The highest BCUT2D eigenvalue weighted by atomic mass is 16.6. The van der Waals surface area contributed by atoms with E-state index >= 15 is 0 Å². The van der Waals surface area contributed by atoms with Crippen LogP contribution in [0.1, 0.15) is 26.0 Å². The summed E-state index contributed by atoms with van der Waals surface area (Å²) in [5.41, 5.74) is 0.934. The molecule has 13 heavy (non-hydrogen) atoms. The molecule has 72 valence electrons. The molecule has 1 aromatic rings. The lowest BCUT2D eigenvalue weighted by Crippen LogP contribution is -2.30. The highest BCUT2D eigenvalue weighted by Crippen LogP contribution is 2.17. The molecule has 0 saturated heterocycles. The monoisotopic (exact) mass is 181 g/mol. The van der Waals surface area contributed by atoms with Crippen LogP contribution in [0.25, 0.3) is 0 Å². The van der Waals surface area contributed by atoms with Gasteiger partial charge < -0.3 is 9.84 Å². The van der Waals surface area contributed by atoms with Crippen LogP contribution in [0.2, 0.25) is 0 Å². The topological polar surface area (TPSA) is 42.4 Å². The minimum Gasteiger partial charge on any atom is -0.461 e. The number of ether oxygens (including phenoxy) is 1. The molecule has 3 heteroatoms. The largest absolute Gasteiger partial charge is 0.461 e. The van der Waals surface area contributed by atoms with Crippen molar-refractivity contribution in [2.75, 3.05) is 0 Å². The average Bonchev–Trinajstić information content (AvgIpc) is 2.09. The molecule has 0 fully saturated rings. The zero-order chi connectivity index (χ0) is 9.90. The van der Waals surface area contributed by atoms with E-state index in [1.807, 2.05) is 19.9 Å². The normalized spacial score (nSPS) is 15.1. The minimum absolute atomic E-state index is 0.543. The third-order valence-corrected chi connectivity index (χ3v) is 1.88. The predicted molar refractivity (Wildman–Crippen MR) is 50.5 cm³/mol. The third-order valence-electron chi connectivity index (χ3n) is 1.88. The molecule has 1 heterocycles. The highest BCUT2D eigenvalue weighted by Gasteiger charge is 2.18. The molecule has 0 amide bonds. The van der Waals surface area contributed by atoms with E-state index < -0.39 is 5.79 Å². The molecule has 1 unspecified atom stereocenters. The van der Waals surface area contributed by atoms with Crippen LogP contribution in [-0.4, -0.2) is 15.9 Å². The van der Waals surface area contributed by atoms with Gasteiger partial charge in [0.25, 0.3) is 0 Å². The van der Waals surface area contributed by atoms with E-state index in [0.29, 0.717) is 12.2 Å². The summed E-state index contributed by atoms with van der Waals surface area (Å²) in [5.74, 6) is -0.505. The number of aryl methyl sites for hydroxylation is 1. The number of hydrogen-bond acceptors (Lipinski definition) is 3. The molecule has 0 bridgehead atoms. The van der Waals surface area contributed by atoms with Gasteiger partial charge in [-0.25, -0.2) is 0 Å². The van der Waals surface area contributed by atoms with Gasteiger partial charge in [-0.1, -0.05) is 6.92 Å². The Morgan fingerprint density at radius 1 is 1.54 bits per heavy atom. The first kappa shape index (κ1) is 9.99. The van der Waals surface area contributed by atoms with Gasteiger partial charge >= 0.3 is 0 Å². The first-order valence-corrected chi connectivity index (χ1v) is 4.37. The number of pyridine rings is 1. The first-order chi connectivity index (χ1) is 6.03. The Bertz CT molecular complexity index is 267. The Morgan fingerprint density at radius 2 is 2.23 bits per heavy atom. The molecular formula is C10H15NO2. The maximum Gasteiger partial charge on any atom is 0.205 e. The van der Waals surface area contributed by atoms with Crippen molar-refractivity contribution in [3.8, 4) is 5.75 Å².